The van der Waals surface area contributed by atoms with Gasteiger partial charge in [0, 0.05) is 25.7 Å². The zero-order valence-corrected chi connectivity index (χ0v) is 12.5. The van der Waals surface area contributed by atoms with Gasteiger partial charge in [-0.25, -0.2) is 0 Å². The quantitative estimate of drug-likeness (QED) is 0.687. The van der Waals surface area contributed by atoms with Gasteiger partial charge in [-0.15, -0.1) is 0 Å². The van der Waals surface area contributed by atoms with Crippen LogP contribution in [0, 0.1) is 11.3 Å². The van der Waals surface area contributed by atoms with Gasteiger partial charge in [0.25, 0.3) is 0 Å². The molecule has 1 aliphatic carbocycles. The molecule has 2 nitrogen and oxygen atoms in total. The Bertz CT molecular complexity index is 211. The van der Waals surface area contributed by atoms with E-state index in [1.165, 1.54) is 19.3 Å². The van der Waals surface area contributed by atoms with Gasteiger partial charge in [-0.3, -0.25) is 4.90 Å². The molecule has 0 spiro atoms. The zero-order valence-electron chi connectivity index (χ0n) is 11.7. The summed E-state index contributed by atoms with van der Waals surface area (Å²) in [7, 11) is 0. The van der Waals surface area contributed by atoms with E-state index >= 15 is 0 Å². The molecule has 0 heterocycles. The Kier molecular flexibility index (Phi) is 6.32. The van der Waals surface area contributed by atoms with Crippen molar-refractivity contribution < 1.29 is 5.11 Å². The Morgan fingerprint density at radius 1 is 1.35 bits per heavy atom. The van der Waals surface area contributed by atoms with Crippen LogP contribution in [-0.2, 0) is 0 Å². The van der Waals surface area contributed by atoms with E-state index in [1.54, 1.807) is 0 Å². The van der Waals surface area contributed by atoms with Crippen molar-refractivity contribution in [3.63, 3.8) is 0 Å². The lowest BCUT2D eigenvalue weighted by atomic mass is 9.80. The van der Waals surface area contributed by atoms with Crippen LogP contribution in [0.3, 0.4) is 0 Å². The van der Waals surface area contributed by atoms with Crippen LogP contribution in [0.4, 0.5) is 0 Å². The molecule has 0 aromatic heterocycles. The van der Waals surface area contributed by atoms with Crippen LogP contribution in [-0.4, -0.2) is 41.5 Å². The summed E-state index contributed by atoms with van der Waals surface area (Å²) < 4.78 is 0. The number of aliphatic hydroxyl groups is 1. The van der Waals surface area contributed by atoms with Crippen LogP contribution in [0.2, 0.25) is 0 Å². The second kappa shape index (κ2) is 7.01. The maximum Gasteiger partial charge on any atom is 0.0443 e. The Morgan fingerprint density at radius 3 is 2.35 bits per heavy atom. The van der Waals surface area contributed by atoms with Gasteiger partial charge in [0.2, 0.25) is 0 Å². The van der Waals surface area contributed by atoms with E-state index in [2.05, 4.69) is 38.3 Å². The van der Waals surface area contributed by atoms with Gasteiger partial charge in [0.1, 0.15) is 0 Å². The van der Waals surface area contributed by atoms with E-state index < -0.39 is 0 Å². The van der Waals surface area contributed by atoms with E-state index in [9.17, 15) is 0 Å². The van der Waals surface area contributed by atoms with Gasteiger partial charge >= 0.3 is 0 Å². The summed E-state index contributed by atoms with van der Waals surface area (Å²) in [5.74, 6) is 1.58. The monoisotopic (exact) mass is 259 g/mol. The van der Waals surface area contributed by atoms with Crippen molar-refractivity contribution >= 4 is 12.6 Å². The van der Waals surface area contributed by atoms with Gasteiger partial charge in [-0.05, 0) is 36.3 Å². The standard InChI is InChI=1S/C14H29NOS/c1-14(2,3)12(11-17)10-15(8-5-9-16)13-6-4-7-13/h12-13,16-17H,4-11H2,1-3H3. The topological polar surface area (TPSA) is 23.5 Å². The predicted octanol–water partition coefficient (Wildman–Crippen LogP) is 2.82. The zero-order chi connectivity index (χ0) is 12.9. The van der Waals surface area contributed by atoms with Gasteiger partial charge in [0.05, 0.1) is 0 Å². The first-order valence-electron chi connectivity index (χ1n) is 6.94. The molecule has 17 heavy (non-hydrogen) atoms. The molecule has 1 atom stereocenters. The Morgan fingerprint density at radius 2 is 2.00 bits per heavy atom. The summed E-state index contributed by atoms with van der Waals surface area (Å²) in [4.78, 5) is 2.59. The largest absolute Gasteiger partial charge is 0.396 e. The fourth-order valence-corrected chi connectivity index (χ4v) is 3.00. The highest BCUT2D eigenvalue weighted by molar-refractivity contribution is 7.80. The maximum atomic E-state index is 9.00. The van der Waals surface area contributed by atoms with Crippen LogP contribution < -0.4 is 0 Å². The van der Waals surface area contributed by atoms with Gasteiger partial charge in [-0.1, -0.05) is 27.2 Å². The third-order valence-corrected chi connectivity index (χ3v) is 4.54. The second-order valence-corrected chi connectivity index (χ2v) is 6.77. The molecule has 1 unspecified atom stereocenters. The van der Waals surface area contributed by atoms with Crippen LogP contribution >= 0.6 is 12.6 Å². The van der Waals surface area contributed by atoms with E-state index in [4.69, 9.17) is 5.11 Å². The first-order chi connectivity index (χ1) is 7.99. The molecule has 0 bridgehead atoms. The van der Waals surface area contributed by atoms with Crippen LogP contribution in [0.25, 0.3) is 0 Å². The second-order valence-electron chi connectivity index (χ2n) is 6.40. The van der Waals surface area contributed by atoms with Crippen molar-refractivity contribution in [3.8, 4) is 0 Å². The first-order valence-corrected chi connectivity index (χ1v) is 7.58. The summed E-state index contributed by atoms with van der Waals surface area (Å²) in [6, 6.07) is 0.770. The van der Waals surface area contributed by atoms with E-state index in [1.807, 2.05) is 0 Å². The molecule has 0 radical (unpaired) electrons. The summed E-state index contributed by atoms with van der Waals surface area (Å²) in [6.07, 6.45) is 4.96. The number of rotatable bonds is 7. The fraction of sp³-hybridized carbons (Fsp3) is 1.00. The third kappa shape index (κ3) is 4.80. The molecule has 1 fully saturated rings. The highest BCUT2D eigenvalue weighted by Crippen LogP contribution is 2.31. The summed E-state index contributed by atoms with van der Waals surface area (Å²) in [5, 5.41) is 9.00. The van der Waals surface area contributed by atoms with E-state index in [0.717, 1.165) is 31.3 Å². The average Bonchev–Trinajstić information content (AvgIpc) is 2.17. The van der Waals surface area contributed by atoms with Gasteiger partial charge in [0.15, 0.2) is 0 Å². The Hall–Kier alpha value is 0.270. The minimum absolute atomic E-state index is 0.310. The number of hydrogen-bond donors (Lipinski definition) is 2. The van der Waals surface area contributed by atoms with Crippen molar-refractivity contribution in [1.82, 2.24) is 4.90 Å². The Labute approximate surface area is 112 Å². The molecule has 0 aliphatic heterocycles. The molecule has 1 saturated carbocycles. The third-order valence-electron chi connectivity index (χ3n) is 4.09. The molecular weight excluding hydrogens is 230 g/mol. The number of nitrogens with zero attached hydrogens (tertiary/aromatic N) is 1. The molecule has 0 aromatic rings. The molecule has 1 rings (SSSR count). The lowest BCUT2D eigenvalue weighted by Crippen LogP contribution is -2.46. The molecular formula is C14H29NOS. The average molecular weight is 259 g/mol. The summed E-state index contributed by atoms with van der Waals surface area (Å²) >= 11 is 4.51. The molecule has 0 amide bonds. The molecule has 1 aliphatic rings. The summed E-state index contributed by atoms with van der Waals surface area (Å²) in [5.41, 5.74) is 0.322. The van der Waals surface area contributed by atoms with Crippen molar-refractivity contribution in [2.75, 3.05) is 25.4 Å². The van der Waals surface area contributed by atoms with Crippen molar-refractivity contribution in [2.24, 2.45) is 11.3 Å². The molecule has 102 valence electrons. The highest BCUT2D eigenvalue weighted by Gasteiger charge is 2.30. The lowest BCUT2D eigenvalue weighted by molar-refractivity contribution is 0.0770. The lowest BCUT2D eigenvalue weighted by Gasteiger charge is -2.42. The van der Waals surface area contributed by atoms with Crippen LogP contribution in [0.1, 0.15) is 46.5 Å². The predicted molar refractivity (Wildman–Crippen MR) is 77.7 cm³/mol. The minimum Gasteiger partial charge on any atom is -0.396 e. The Balaban J connectivity index is 2.50. The smallest absolute Gasteiger partial charge is 0.0443 e. The highest BCUT2D eigenvalue weighted by atomic mass is 32.1. The van der Waals surface area contributed by atoms with Crippen molar-refractivity contribution in [1.29, 1.82) is 0 Å². The maximum absolute atomic E-state index is 9.00. The van der Waals surface area contributed by atoms with Crippen LogP contribution in [0.15, 0.2) is 0 Å². The molecule has 0 saturated heterocycles. The number of hydrogen-bond acceptors (Lipinski definition) is 3. The normalized spacial score (nSPS) is 19.4. The van der Waals surface area contributed by atoms with Gasteiger partial charge < -0.3 is 5.11 Å². The number of thiol groups is 1. The summed E-state index contributed by atoms with van der Waals surface area (Å²) in [6.45, 7) is 9.40. The molecule has 1 N–H and O–H groups in total. The SMILES string of the molecule is CC(C)(C)C(CS)CN(CCCO)C1CCC1. The van der Waals surface area contributed by atoms with Gasteiger partial charge in [-0.2, -0.15) is 12.6 Å². The molecule has 3 heteroatoms. The first kappa shape index (κ1) is 15.3. The minimum atomic E-state index is 0.310. The van der Waals surface area contributed by atoms with Crippen molar-refractivity contribution in [3.05, 3.63) is 0 Å². The van der Waals surface area contributed by atoms with E-state index in [0.29, 0.717) is 17.9 Å². The van der Waals surface area contributed by atoms with E-state index in [-0.39, 0.29) is 0 Å². The van der Waals surface area contributed by atoms with Crippen molar-refractivity contribution in [2.45, 2.75) is 52.5 Å². The molecule has 0 aromatic carbocycles. The van der Waals surface area contributed by atoms with Crippen LogP contribution in [0.5, 0.6) is 0 Å². The fourth-order valence-electron chi connectivity index (χ4n) is 2.34. The number of aliphatic hydroxyl groups excluding tert-OH is 1.